The number of ether oxygens (including phenoxy) is 2. The molecule has 0 aromatic heterocycles. The Labute approximate surface area is 157 Å². The zero-order valence-corrected chi connectivity index (χ0v) is 16.1. The Bertz CT molecular complexity index is 985. The Morgan fingerprint density at radius 1 is 1.04 bits per heavy atom. The number of carbonyl (C=O) groups excluding carboxylic acids is 2. The predicted octanol–water partition coefficient (Wildman–Crippen LogP) is 1.95. The van der Waals surface area contributed by atoms with Crippen LogP contribution in [0.25, 0.3) is 0 Å². The molecule has 0 saturated heterocycles. The van der Waals surface area contributed by atoms with E-state index in [2.05, 4.69) is 14.8 Å². The molecule has 0 atom stereocenters. The maximum Gasteiger partial charge on any atom is 0.337 e. The molecule has 9 heteroatoms. The number of carbonyl (C=O) groups is 2. The summed E-state index contributed by atoms with van der Waals surface area (Å²) in [4.78, 5) is 23.5. The van der Waals surface area contributed by atoms with Gasteiger partial charge in [0.15, 0.2) is 0 Å². The summed E-state index contributed by atoms with van der Waals surface area (Å²) >= 11 is 0. The topological polar surface area (TPSA) is 111 Å². The van der Waals surface area contributed by atoms with E-state index in [0.29, 0.717) is 5.56 Å². The highest BCUT2D eigenvalue weighted by Gasteiger charge is 2.21. The van der Waals surface area contributed by atoms with E-state index < -0.39 is 21.9 Å². The van der Waals surface area contributed by atoms with Crippen LogP contribution in [0.4, 0.5) is 5.69 Å². The normalized spacial score (nSPS) is 10.8. The Kier molecular flexibility index (Phi) is 6.06. The molecular formula is C18H20N2O6S. The minimum absolute atomic E-state index is 0.0860. The summed E-state index contributed by atoms with van der Waals surface area (Å²) in [5, 5.41) is 2.43. The van der Waals surface area contributed by atoms with Crippen LogP contribution in [0, 0.1) is 6.92 Å². The van der Waals surface area contributed by atoms with Crippen LogP contribution in [-0.2, 0) is 14.8 Å². The lowest BCUT2D eigenvalue weighted by Crippen LogP contribution is -2.20. The number of anilines is 1. The van der Waals surface area contributed by atoms with Gasteiger partial charge < -0.3 is 14.8 Å². The number of sulfonamides is 1. The van der Waals surface area contributed by atoms with Gasteiger partial charge in [0.2, 0.25) is 0 Å². The van der Waals surface area contributed by atoms with Crippen LogP contribution >= 0.6 is 0 Å². The number of nitrogens with one attached hydrogen (secondary N) is 2. The van der Waals surface area contributed by atoms with Crippen molar-refractivity contribution in [1.29, 1.82) is 0 Å². The highest BCUT2D eigenvalue weighted by atomic mass is 32.2. The van der Waals surface area contributed by atoms with Gasteiger partial charge in [0.25, 0.3) is 15.9 Å². The summed E-state index contributed by atoms with van der Waals surface area (Å²) in [6, 6.07) is 8.48. The molecule has 144 valence electrons. The average Bonchev–Trinajstić information content (AvgIpc) is 2.67. The summed E-state index contributed by atoms with van der Waals surface area (Å²) in [6.45, 7) is 1.70. The molecule has 0 aliphatic carbocycles. The lowest BCUT2D eigenvalue weighted by Gasteiger charge is -2.14. The fourth-order valence-corrected chi connectivity index (χ4v) is 3.49. The molecule has 1 amide bonds. The van der Waals surface area contributed by atoms with Gasteiger partial charge in [-0.2, -0.15) is 0 Å². The molecule has 8 nitrogen and oxygen atoms in total. The minimum Gasteiger partial charge on any atom is -0.496 e. The van der Waals surface area contributed by atoms with Gasteiger partial charge in [0.05, 0.1) is 35.9 Å². The number of hydrogen-bond donors (Lipinski definition) is 2. The van der Waals surface area contributed by atoms with E-state index in [9.17, 15) is 18.0 Å². The van der Waals surface area contributed by atoms with Crippen molar-refractivity contribution < 1.29 is 27.5 Å². The highest BCUT2D eigenvalue weighted by molar-refractivity contribution is 7.92. The smallest absolute Gasteiger partial charge is 0.337 e. The number of amides is 1. The lowest BCUT2D eigenvalue weighted by molar-refractivity contribution is 0.0600. The van der Waals surface area contributed by atoms with Gasteiger partial charge >= 0.3 is 5.97 Å². The molecule has 2 aromatic rings. The third kappa shape index (κ3) is 4.37. The summed E-state index contributed by atoms with van der Waals surface area (Å²) in [5.41, 5.74) is 1.14. The molecule has 0 radical (unpaired) electrons. The van der Waals surface area contributed by atoms with Crippen LogP contribution in [0.3, 0.4) is 0 Å². The van der Waals surface area contributed by atoms with E-state index >= 15 is 0 Å². The van der Waals surface area contributed by atoms with Crippen molar-refractivity contribution >= 4 is 27.6 Å². The van der Waals surface area contributed by atoms with E-state index in [1.165, 1.54) is 51.6 Å². The molecule has 0 heterocycles. The van der Waals surface area contributed by atoms with Crippen molar-refractivity contribution in [1.82, 2.24) is 5.32 Å². The van der Waals surface area contributed by atoms with Crippen molar-refractivity contribution in [2.24, 2.45) is 0 Å². The molecular weight excluding hydrogens is 372 g/mol. The van der Waals surface area contributed by atoms with Gasteiger partial charge in [-0.15, -0.1) is 0 Å². The van der Waals surface area contributed by atoms with Gasteiger partial charge in [-0.1, -0.05) is 6.07 Å². The second kappa shape index (κ2) is 8.09. The molecule has 0 aliphatic rings. The van der Waals surface area contributed by atoms with Crippen LogP contribution in [0.15, 0.2) is 41.3 Å². The van der Waals surface area contributed by atoms with Crippen LogP contribution in [0.1, 0.15) is 26.3 Å². The lowest BCUT2D eigenvalue weighted by atomic mass is 10.1. The molecule has 2 aromatic carbocycles. The summed E-state index contributed by atoms with van der Waals surface area (Å²) < 4.78 is 37.7. The number of aryl methyl sites for hydroxylation is 1. The zero-order valence-electron chi connectivity index (χ0n) is 15.3. The van der Waals surface area contributed by atoms with Crippen LogP contribution in [0.2, 0.25) is 0 Å². The van der Waals surface area contributed by atoms with Gasteiger partial charge in [0.1, 0.15) is 5.75 Å². The minimum atomic E-state index is -4.01. The summed E-state index contributed by atoms with van der Waals surface area (Å²) in [5.74, 6) is -0.813. The largest absolute Gasteiger partial charge is 0.496 e. The molecule has 0 saturated carbocycles. The molecule has 0 bridgehead atoms. The SMILES string of the molecule is CNC(=O)c1cc(S(=O)(=O)Nc2cc(C(=O)OC)ccc2C)ccc1OC. The van der Waals surface area contributed by atoms with Gasteiger partial charge in [-0.25, -0.2) is 13.2 Å². The first-order valence-electron chi connectivity index (χ1n) is 7.85. The van der Waals surface area contributed by atoms with E-state index in [1.54, 1.807) is 13.0 Å². The first kappa shape index (κ1) is 20.2. The number of benzene rings is 2. The van der Waals surface area contributed by atoms with Crippen molar-refractivity contribution in [2.75, 3.05) is 26.0 Å². The van der Waals surface area contributed by atoms with Crippen LogP contribution < -0.4 is 14.8 Å². The van der Waals surface area contributed by atoms with Crippen LogP contribution in [0.5, 0.6) is 5.75 Å². The fraction of sp³-hybridized carbons (Fsp3) is 0.222. The standard InChI is InChI=1S/C18H20N2O6S/c1-11-5-6-12(18(22)26-4)9-15(11)20-27(23,24)13-7-8-16(25-3)14(10-13)17(21)19-2/h5-10,20H,1-4H3,(H,19,21). The first-order valence-corrected chi connectivity index (χ1v) is 9.33. The molecule has 0 spiro atoms. The average molecular weight is 392 g/mol. The molecule has 0 aliphatic heterocycles. The monoisotopic (exact) mass is 392 g/mol. The molecule has 2 rings (SSSR count). The fourth-order valence-electron chi connectivity index (χ4n) is 2.35. The quantitative estimate of drug-likeness (QED) is 0.727. The molecule has 27 heavy (non-hydrogen) atoms. The van der Waals surface area contributed by atoms with Crippen molar-refractivity contribution in [3.8, 4) is 5.75 Å². The second-order valence-electron chi connectivity index (χ2n) is 5.57. The Hall–Kier alpha value is -3.07. The van der Waals surface area contributed by atoms with Gasteiger partial charge in [-0.05, 0) is 42.8 Å². The predicted molar refractivity (Wildman–Crippen MR) is 99.7 cm³/mol. The Morgan fingerprint density at radius 3 is 2.33 bits per heavy atom. The van der Waals surface area contributed by atoms with E-state index in [1.807, 2.05) is 0 Å². The van der Waals surface area contributed by atoms with Crippen molar-refractivity contribution in [3.05, 3.63) is 53.1 Å². The maximum absolute atomic E-state index is 12.8. The Morgan fingerprint density at radius 2 is 1.74 bits per heavy atom. The van der Waals surface area contributed by atoms with E-state index in [-0.39, 0.29) is 27.5 Å². The highest BCUT2D eigenvalue weighted by Crippen LogP contribution is 2.26. The number of rotatable bonds is 6. The van der Waals surface area contributed by atoms with Crippen molar-refractivity contribution in [3.63, 3.8) is 0 Å². The molecule has 0 unspecified atom stereocenters. The second-order valence-corrected chi connectivity index (χ2v) is 7.25. The van der Waals surface area contributed by atoms with E-state index in [0.717, 1.165) is 0 Å². The first-order chi connectivity index (χ1) is 12.7. The molecule has 2 N–H and O–H groups in total. The van der Waals surface area contributed by atoms with E-state index in [4.69, 9.17) is 4.74 Å². The Balaban J connectivity index is 2.45. The van der Waals surface area contributed by atoms with Gasteiger partial charge in [0, 0.05) is 7.05 Å². The van der Waals surface area contributed by atoms with Crippen molar-refractivity contribution in [2.45, 2.75) is 11.8 Å². The third-order valence-corrected chi connectivity index (χ3v) is 5.22. The summed E-state index contributed by atoms with van der Waals surface area (Å²) in [6.07, 6.45) is 0. The maximum atomic E-state index is 12.8. The number of esters is 1. The summed E-state index contributed by atoms with van der Waals surface area (Å²) in [7, 11) is 0.0461. The number of methoxy groups -OCH3 is 2. The van der Waals surface area contributed by atoms with Crippen LogP contribution in [-0.4, -0.2) is 41.6 Å². The molecule has 0 fully saturated rings. The zero-order chi connectivity index (χ0) is 20.2. The van der Waals surface area contributed by atoms with Gasteiger partial charge in [-0.3, -0.25) is 9.52 Å². The number of hydrogen-bond acceptors (Lipinski definition) is 6. The third-order valence-electron chi connectivity index (χ3n) is 3.86.